The summed E-state index contributed by atoms with van der Waals surface area (Å²) < 4.78 is 26.4. The lowest BCUT2D eigenvalue weighted by atomic mass is 9.95. The molecule has 2 aromatic rings. The minimum absolute atomic E-state index is 0.0273. The Balaban J connectivity index is 1.90. The molecule has 0 bridgehead atoms. The number of halogens is 2. The highest BCUT2D eigenvalue weighted by Gasteiger charge is 2.31. The molecule has 1 atom stereocenters. The Labute approximate surface area is 223 Å². The molecule has 1 saturated carbocycles. The Morgan fingerprint density at radius 2 is 1.78 bits per heavy atom. The van der Waals surface area contributed by atoms with Crippen molar-refractivity contribution >= 4 is 50.7 Å². The van der Waals surface area contributed by atoms with Crippen LogP contribution in [0.4, 0.5) is 5.69 Å². The van der Waals surface area contributed by atoms with Crippen LogP contribution in [0.25, 0.3) is 0 Å². The molecule has 0 spiro atoms. The Morgan fingerprint density at radius 1 is 1.08 bits per heavy atom. The van der Waals surface area contributed by atoms with E-state index in [2.05, 4.69) is 5.32 Å². The van der Waals surface area contributed by atoms with E-state index in [-0.39, 0.29) is 18.5 Å². The van der Waals surface area contributed by atoms with Crippen LogP contribution in [0.5, 0.6) is 0 Å². The van der Waals surface area contributed by atoms with Crippen LogP contribution in [-0.4, -0.2) is 50.0 Å². The number of benzene rings is 2. The Bertz CT molecular complexity index is 1200. The summed E-state index contributed by atoms with van der Waals surface area (Å²) in [5.74, 6) is -0.791. The summed E-state index contributed by atoms with van der Waals surface area (Å²) in [5, 5.41) is 3.88. The van der Waals surface area contributed by atoms with Crippen LogP contribution in [0.1, 0.15) is 50.2 Å². The number of hydrogen-bond donors (Lipinski definition) is 1. The number of hydrogen-bond acceptors (Lipinski definition) is 4. The first-order valence-electron chi connectivity index (χ1n) is 12.0. The fourth-order valence-electron chi connectivity index (χ4n) is 4.38. The molecule has 0 saturated heterocycles. The van der Waals surface area contributed by atoms with Crippen molar-refractivity contribution in [3.05, 3.63) is 63.6 Å². The standard InChI is InChI=1S/C26H33Cl2N3O4S/c1-18-8-7-11-23(14-18)31(36(3,34)35)17-25(32)30(16-20-12-13-21(27)15-24(20)28)19(2)26(33)29-22-9-5-4-6-10-22/h7-8,11-15,19,22H,4-6,9-10,16-17H2,1-3H3,(H,29,33)/t19-/m0/s1. The van der Waals surface area contributed by atoms with Crippen LogP contribution in [0.3, 0.4) is 0 Å². The monoisotopic (exact) mass is 553 g/mol. The summed E-state index contributed by atoms with van der Waals surface area (Å²) >= 11 is 12.4. The molecule has 2 aromatic carbocycles. The Hall–Kier alpha value is -2.29. The molecule has 3 rings (SSSR count). The fourth-order valence-corrected chi connectivity index (χ4v) is 5.69. The average molecular weight is 555 g/mol. The highest BCUT2D eigenvalue weighted by atomic mass is 35.5. The third-order valence-electron chi connectivity index (χ3n) is 6.44. The summed E-state index contributed by atoms with van der Waals surface area (Å²) in [6.45, 7) is 3.07. The van der Waals surface area contributed by atoms with Gasteiger partial charge in [-0.05, 0) is 62.1 Å². The van der Waals surface area contributed by atoms with Crippen molar-refractivity contribution in [1.29, 1.82) is 0 Å². The van der Waals surface area contributed by atoms with Gasteiger partial charge in [-0.2, -0.15) is 0 Å². The Kier molecular flexibility index (Phi) is 9.66. The van der Waals surface area contributed by atoms with E-state index in [1.165, 1.54) is 4.90 Å². The fraction of sp³-hybridized carbons (Fsp3) is 0.462. The van der Waals surface area contributed by atoms with E-state index in [0.717, 1.165) is 48.2 Å². The van der Waals surface area contributed by atoms with Gasteiger partial charge in [0.1, 0.15) is 12.6 Å². The van der Waals surface area contributed by atoms with Crippen molar-refractivity contribution in [2.45, 2.75) is 64.6 Å². The number of anilines is 1. The third kappa shape index (κ3) is 7.60. The molecule has 2 amide bonds. The van der Waals surface area contributed by atoms with Crippen LogP contribution in [-0.2, 0) is 26.2 Å². The van der Waals surface area contributed by atoms with Gasteiger partial charge in [-0.25, -0.2) is 8.42 Å². The zero-order chi connectivity index (χ0) is 26.5. The molecule has 7 nitrogen and oxygen atoms in total. The van der Waals surface area contributed by atoms with Crippen LogP contribution >= 0.6 is 23.2 Å². The van der Waals surface area contributed by atoms with Gasteiger partial charge in [0.15, 0.2) is 0 Å². The van der Waals surface area contributed by atoms with E-state index >= 15 is 0 Å². The second kappa shape index (κ2) is 12.3. The van der Waals surface area contributed by atoms with Crippen molar-refractivity contribution < 1.29 is 18.0 Å². The molecule has 1 aliphatic carbocycles. The van der Waals surface area contributed by atoms with Crippen molar-refractivity contribution in [3.63, 3.8) is 0 Å². The third-order valence-corrected chi connectivity index (χ3v) is 8.17. The Morgan fingerprint density at radius 3 is 2.39 bits per heavy atom. The van der Waals surface area contributed by atoms with E-state index < -0.39 is 28.5 Å². The lowest BCUT2D eigenvalue weighted by Gasteiger charge is -2.33. The van der Waals surface area contributed by atoms with Gasteiger partial charge in [0.25, 0.3) is 0 Å². The SMILES string of the molecule is Cc1cccc(N(CC(=O)N(Cc2ccc(Cl)cc2Cl)[C@@H](C)C(=O)NC2CCCCC2)S(C)(=O)=O)c1. The van der Waals surface area contributed by atoms with Crippen molar-refractivity contribution in [3.8, 4) is 0 Å². The number of amides is 2. The first kappa shape index (κ1) is 28.3. The molecule has 1 aliphatic rings. The van der Waals surface area contributed by atoms with Gasteiger partial charge >= 0.3 is 0 Å². The van der Waals surface area contributed by atoms with Gasteiger partial charge in [-0.3, -0.25) is 13.9 Å². The first-order valence-corrected chi connectivity index (χ1v) is 14.6. The molecule has 196 valence electrons. The van der Waals surface area contributed by atoms with Gasteiger partial charge in [-0.1, -0.05) is 60.7 Å². The second-order valence-electron chi connectivity index (χ2n) is 9.39. The van der Waals surface area contributed by atoms with Crippen molar-refractivity contribution in [2.24, 2.45) is 0 Å². The number of rotatable bonds is 9. The van der Waals surface area contributed by atoms with Crippen LogP contribution in [0.2, 0.25) is 10.0 Å². The number of sulfonamides is 1. The molecule has 0 aromatic heterocycles. The first-order chi connectivity index (χ1) is 17.0. The molecule has 1 N–H and O–H groups in total. The zero-order valence-electron chi connectivity index (χ0n) is 20.8. The number of carbonyl (C=O) groups is 2. The molecule has 0 aliphatic heterocycles. The maximum Gasteiger partial charge on any atom is 0.244 e. The maximum absolute atomic E-state index is 13.6. The summed E-state index contributed by atoms with van der Waals surface area (Å²) in [6, 6.07) is 11.1. The zero-order valence-corrected chi connectivity index (χ0v) is 23.2. The highest BCUT2D eigenvalue weighted by Crippen LogP contribution is 2.25. The normalized spacial score (nSPS) is 15.2. The van der Waals surface area contributed by atoms with Gasteiger partial charge in [0.05, 0.1) is 11.9 Å². The largest absolute Gasteiger partial charge is 0.352 e. The van der Waals surface area contributed by atoms with Gasteiger partial charge < -0.3 is 10.2 Å². The lowest BCUT2D eigenvalue weighted by Crippen LogP contribution is -2.53. The predicted molar refractivity (Wildman–Crippen MR) is 145 cm³/mol. The highest BCUT2D eigenvalue weighted by molar-refractivity contribution is 7.92. The van der Waals surface area contributed by atoms with Crippen molar-refractivity contribution in [2.75, 3.05) is 17.1 Å². The van der Waals surface area contributed by atoms with Crippen LogP contribution < -0.4 is 9.62 Å². The molecular formula is C26H33Cl2N3O4S. The van der Waals surface area contributed by atoms with E-state index in [1.807, 2.05) is 13.0 Å². The number of nitrogens with zero attached hydrogens (tertiary/aromatic N) is 2. The molecule has 0 radical (unpaired) electrons. The van der Waals surface area contributed by atoms with Gasteiger partial charge in [-0.15, -0.1) is 0 Å². The summed E-state index contributed by atoms with van der Waals surface area (Å²) in [4.78, 5) is 28.2. The topological polar surface area (TPSA) is 86.8 Å². The van der Waals surface area contributed by atoms with Crippen LogP contribution in [0.15, 0.2) is 42.5 Å². The van der Waals surface area contributed by atoms with Gasteiger partial charge in [0, 0.05) is 22.6 Å². The second-order valence-corrected chi connectivity index (χ2v) is 12.1. The van der Waals surface area contributed by atoms with E-state index in [4.69, 9.17) is 23.2 Å². The molecule has 36 heavy (non-hydrogen) atoms. The van der Waals surface area contributed by atoms with E-state index in [0.29, 0.717) is 21.3 Å². The predicted octanol–water partition coefficient (Wildman–Crippen LogP) is 4.93. The van der Waals surface area contributed by atoms with Crippen LogP contribution in [0, 0.1) is 6.92 Å². The van der Waals surface area contributed by atoms with E-state index in [1.54, 1.807) is 43.3 Å². The van der Waals surface area contributed by atoms with Gasteiger partial charge in [0.2, 0.25) is 21.8 Å². The smallest absolute Gasteiger partial charge is 0.244 e. The molecule has 0 heterocycles. The summed E-state index contributed by atoms with van der Waals surface area (Å²) in [5.41, 5.74) is 1.85. The summed E-state index contributed by atoms with van der Waals surface area (Å²) in [7, 11) is -3.78. The molecular weight excluding hydrogens is 521 g/mol. The maximum atomic E-state index is 13.6. The number of nitrogens with one attached hydrogen (secondary N) is 1. The number of carbonyl (C=O) groups excluding carboxylic acids is 2. The summed E-state index contributed by atoms with van der Waals surface area (Å²) in [6.07, 6.45) is 6.14. The quantitative estimate of drug-likeness (QED) is 0.476. The minimum atomic E-state index is -3.78. The lowest BCUT2D eigenvalue weighted by molar-refractivity contribution is -0.139. The minimum Gasteiger partial charge on any atom is -0.352 e. The van der Waals surface area contributed by atoms with E-state index in [9.17, 15) is 18.0 Å². The molecule has 0 unspecified atom stereocenters. The molecule has 1 fully saturated rings. The average Bonchev–Trinajstić information content (AvgIpc) is 2.81. The molecule has 10 heteroatoms. The van der Waals surface area contributed by atoms with Crippen molar-refractivity contribution in [1.82, 2.24) is 10.2 Å². The number of aryl methyl sites for hydroxylation is 1.